The fraction of sp³-hybridized carbons (Fsp3) is 0.400. The van der Waals surface area contributed by atoms with Crippen LogP contribution in [0.5, 0.6) is 0 Å². The van der Waals surface area contributed by atoms with Crippen LogP contribution >= 0.6 is 0 Å². The summed E-state index contributed by atoms with van der Waals surface area (Å²) in [7, 11) is 0. The quantitative estimate of drug-likeness (QED) is 0.688. The topological polar surface area (TPSA) is 97.9 Å². The summed E-state index contributed by atoms with van der Waals surface area (Å²) in [5, 5.41) is 3.96. The summed E-state index contributed by atoms with van der Waals surface area (Å²) < 4.78 is 5.20. The molecule has 4 heterocycles. The van der Waals surface area contributed by atoms with Crippen LogP contribution in [0.1, 0.15) is 39.9 Å². The van der Waals surface area contributed by atoms with Gasteiger partial charge in [-0.25, -0.2) is 9.97 Å². The van der Waals surface area contributed by atoms with Gasteiger partial charge >= 0.3 is 0 Å². The van der Waals surface area contributed by atoms with Crippen LogP contribution in [0.3, 0.4) is 0 Å². The average molecular weight is 378 g/mol. The zero-order valence-electron chi connectivity index (χ0n) is 16.2. The lowest BCUT2D eigenvalue weighted by Crippen LogP contribution is -2.29. The molecule has 3 aromatic rings. The molecule has 0 aromatic carbocycles. The summed E-state index contributed by atoms with van der Waals surface area (Å²) in [5.41, 5.74) is 3.85. The Morgan fingerprint density at radius 3 is 2.75 bits per heavy atom. The highest BCUT2D eigenvalue weighted by Gasteiger charge is 2.28. The van der Waals surface area contributed by atoms with Gasteiger partial charge in [0.1, 0.15) is 17.3 Å². The molecule has 0 N–H and O–H groups in total. The van der Waals surface area contributed by atoms with Crippen LogP contribution in [-0.2, 0) is 6.42 Å². The van der Waals surface area contributed by atoms with E-state index in [2.05, 4.69) is 25.1 Å². The number of hydrogen-bond acceptors (Lipinski definition) is 7. The lowest BCUT2D eigenvalue weighted by Gasteiger charge is -2.16. The maximum atomic E-state index is 12.6. The average Bonchev–Trinajstić information content (AvgIpc) is 3.28. The summed E-state index contributed by atoms with van der Waals surface area (Å²) >= 11 is 0. The molecule has 1 saturated heterocycles. The molecule has 1 aliphatic rings. The Hall–Kier alpha value is -3.16. The normalized spacial score (nSPS) is 16.5. The van der Waals surface area contributed by atoms with Gasteiger partial charge in [0.05, 0.1) is 28.8 Å². The lowest BCUT2D eigenvalue weighted by atomic mass is 10.0. The number of aromatic nitrogens is 5. The van der Waals surface area contributed by atoms with Crippen molar-refractivity contribution in [3.63, 3.8) is 0 Å². The highest BCUT2D eigenvalue weighted by molar-refractivity contribution is 5.92. The molecule has 8 heteroatoms. The SMILES string of the molecule is Cc1nccc(C(=O)N2CCC(Cc3cnc(-c4c(C)noc4C)cn3)C2)n1. The maximum Gasteiger partial charge on any atom is 0.272 e. The monoisotopic (exact) mass is 378 g/mol. The van der Waals surface area contributed by atoms with Crippen molar-refractivity contribution < 1.29 is 9.32 Å². The van der Waals surface area contributed by atoms with Gasteiger partial charge in [-0.1, -0.05) is 5.16 Å². The van der Waals surface area contributed by atoms with Crippen LogP contribution in [0.2, 0.25) is 0 Å². The van der Waals surface area contributed by atoms with Crippen LogP contribution in [-0.4, -0.2) is 49.0 Å². The third-order valence-corrected chi connectivity index (χ3v) is 5.06. The highest BCUT2D eigenvalue weighted by atomic mass is 16.5. The Balaban J connectivity index is 1.40. The maximum absolute atomic E-state index is 12.6. The van der Waals surface area contributed by atoms with E-state index in [0.717, 1.165) is 47.8 Å². The van der Waals surface area contributed by atoms with E-state index in [1.165, 1.54) is 0 Å². The van der Waals surface area contributed by atoms with Gasteiger partial charge in [-0.2, -0.15) is 0 Å². The van der Waals surface area contributed by atoms with Gasteiger partial charge in [0.15, 0.2) is 0 Å². The number of hydrogen-bond donors (Lipinski definition) is 0. The molecular formula is C20H22N6O2. The molecule has 1 atom stereocenters. The van der Waals surface area contributed by atoms with E-state index in [-0.39, 0.29) is 5.91 Å². The van der Waals surface area contributed by atoms with Crippen molar-refractivity contribution in [2.24, 2.45) is 5.92 Å². The Labute approximate surface area is 163 Å². The molecule has 4 rings (SSSR count). The zero-order valence-corrected chi connectivity index (χ0v) is 16.2. The van der Waals surface area contributed by atoms with Crippen molar-refractivity contribution in [1.82, 2.24) is 30.0 Å². The summed E-state index contributed by atoms with van der Waals surface area (Å²) in [6, 6.07) is 1.67. The minimum absolute atomic E-state index is 0.0344. The predicted octanol–water partition coefficient (Wildman–Crippen LogP) is 2.55. The van der Waals surface area contributed by atoms with Gasteiger partial charge in [-0.05, 0) is 45.6 Å². The second kappa shape index (κ2) is 7.46. The van der Waals surface area contributed by atoms with Gasteiger partial charge in [0.2, 0.25) is 0 Å². The molecule has 1 amide bonds. The third kappa shape index (κ3) is 3.62. The number of likely N-dealkylation sites (tertiary alicyclic amines) is 1. The lowest BCUT2D eigenvalue weighted by molar-refractivity contribution is 0.0780. The first kappa shape index (κ1) is 18.2. The molecule has 0 radical (unpaired) electrons. The van der Waals surface area contributed by atoms with E-state index in [0.29, 0.717) is 24.0 Å². The number of nitrogens with zero attached hydrogens (tertiary/aromatic N) is 6. The molecule has 1 unspecified atom stereocenters. The van der Waals surface area contributed by atoms with Gasteiger partial charge in [0, 0.05) is 25.5 Å². The Kier molecular flexibility index (Phi) is 4.85. The Morgan fingerprint density at radius 1 is 1.21 bits per heavy atom. The van der Waals surface area contributed by atoms with Gasteiger partial charge in [0.25, 0.3) is 5.91 Å². The number of rotatable bonds is 4. The van der Waals surface area contributed by atoms with Crippen molar-refractivity contribution in [3.05, 3.63) is 53.3 Å². The molecular weight excluding hydrogens is 356 g/mol. The summed E-state index contributed by atoms with van der Waals surface area (Å²) in [6.45, 7) is 6.99. The molecule has 28 heavy (non-hydrogen) atoms. The van der Waals surface area contributed by atoms with Crippen molar-refractivity contribution in [2.45, 2.75) is 33.6 Å². The predicted molar refractivity (Wildman–Crippen MR) is 101 cm³/mol. The van der Waals surface area contributed by atoms with E-state index in [4.69, 9.17) is 4.52 Å². The Morgan fingerprint density at radius 2 is 2.07 bits per heavy atom. The van der Waals surface area contributed by atoms with E-state index in [1.54, 1.807) is 31.6 Å². The van der Waals surface area contributed by atoms with E-state index in [1.807, 2.05) is 18.7 Å². The van der Waals surface area contributed by atoms with Crippen LogP contribution in [0, 0.1) is 26.7 Å². The number of aryl methyl sites for hydroxylation is 3. The first-order valence-electron chi connectivity index (χ1n) is 9.34. The molecule has 0 aliphatic carbocycles. The van der Waals surface area contributed by atoms with Crippen LogP contribution < -0.4 is 0 Å². The number of carbonyl (C=O) groups is 1. The number of carbonyl (C=O) groups excluding carboxylic acids is 1. The molecule has 1 fully saturated rings. The van der Waals surface area contributed by atoms with Gasteiger partial charge < -0.3 is 9.42 Å². The molecule has 1 aliphatic heterocycles. The number of amides is 1. The second-order valence-electron chi connectivity index (χ2n) is 7.19. The standard InChI is InChI=1S/C20H22N6O2/c1-12-19(13(2)28-25-12)18-10-22-16(9-23-18)8-15-5-7-26(11-15)20(27)17-4-6-21-14(3)24-17/h4,6,9-10,15H,5,7-8,11H2,1-3H3. The summed E-state index contributed by atoms with van der Waals surface area (Å²) in [5.74, 6) is 1.68. The fourth-order valence-electron chi connectivity index (χ4n) is 3.65. The summed E-state index contributed by atoms with van der Waals surface area (Å²) in [4.78, 5) is 31.9. The molecule has 0 spiro atoms. The highest BCUT2D eigenvalue weighted by Crippen LogP contribution is 2.25. The first-order chi connectivity index (χ1) is 13.5. The second-order valence-corrected chi connectivity index (χ2v) is 7.19. The molecule has 3 aromatic heterocycles. The minimum Gasteiger partial charge on any atom is -0.361 e. The van der Waals surface area contributed by atoms with Crippen molar-refractivity contribution in [3.8, 4) is 11.3 Å². The van der Waals surface area contributed by atoms with E-state index in [9.17, 15) is 4.79 Å². The van der Waals surface area contributed by atoms with Crippen LogP contribution in [0.25, 0.3) is 11.3 Å². The third-order valence-electron chi connectivity index (χ3n) is 5.06. The van der Waals surface area contributed by atoms with Crippen LogP contribution in [0.15, 0.2) is 29.2 Å². The van der Waals surface area contributed by atoms with E-state index >= 15 is 0 Å². The Bertz CT molecular complexity index is 979. The first-order valence-corrected chi connectivity index (χ1v) is 9.34. The largest absolute Gasteiger partial charge is 0.361 e. The molecule has 0 bridgehead atoms. The van der Waals surface area contributed by atoms with Gasteiger partial charge in [-0.15, -0.1) is 0 Å². The molecule has 8 nitrogen and oxygen atoms in total. The van der Waals surface area contributed by atoms with E-state index < -0.39 is 0 Å². The fourth-order valence-corrected chi connectivity index (χ4v) is 3.65. The molecule has 0 saturated carbocycles. The van der Waals surface area contributed by atoms with Crippen molar-refractivity contribution >= 4 is 5.91 Å². The van der Waals surface area contributed by atoms with Crippen molar-refractivity contribution in [2.75, 3.05) is 13.1 Å². The summed E-state index contributed by atoms with van der Waals surface area (Å²) in [6.07, 6.45) is 6.94. The zero-order chi connectivity index (χ0) is 19.7. The van der Waals surface area contributed by atoms with Crippen molar-refractivity contribution in [1.29, 1.82) is 0 Å². The molecule has 144 valence electrons. The smallest absolute Gasteiger partial charge is 0.272 e. The minimum atomic E-state index is -0.0344. The van der Waals surface area contributed by atoms with Crippen LogP contribution in [0.4, 0.5) is 0 Å². The van der Waals surface area contributed by atoms with Gasteiger partial charge in [-0.3, -0.25) is 14.8 Å².